The Bertz CT molecular complexity index is 1160. The molecule has 0 spiro atoms. The van der Waals surface area contributed by atoms with Crippen LogP contribution < -0.4 is 0 Å². The second kappa shape index (κ2) is 46.3. The van der Waals surface area contributed by atoms with E-state index in [0.717, 1.165) is 77.0 Å². The van der Waals surface area contributed by atoms with Crippen LogP contribution >= 0.6 is 0 Å². The van der Waals surface area contributed by atoms with Crippen LogP contribution in [0.3, 0.4) is 0 Å². The fourth-order valence-corrected chi connectivity index (χ4v) is 6.09. The second-order valence-corrected chi connectivity index (χ2v) is 15.3. The molecular formula is C52H86O6. The first-order chi connectivity index (χ1) is 28.5. The van der Waals surface area contributed by atoms with Crippen LogP contribution in [0.2, 0.25) is 0 Å². The third-order valence-corrected chi connectivity index (χ3v) is 9.64. The van der Waals surface area contributed by atoms with E-state index in [-0.39, 0.29) is 31.6 Å². The molecule has 0 aliphatic carbocycles. The van der Waals surface area contributed by atoms with E-state index in [2.05, 4.69) is 99.8 Å². The summed E-state index contributed by atoms with van der Waals surface area (Å²) in [4.78, 5) is 37.7. The van der Waals surface area contributed by atoms with Crippen molar-refractivity contribution in [2.75, 3.05) is 13.2 Å². The minimum absolute atomic E-state index is 0.118. The van der Waals surface area contributed by atoms with Crippen molar-refractivity contribution in [3.05, 3.63) is 85.1 Å². The maximum atomic E-state index is 12.7. The van der Waals surface area contributed by atoms with Gasteiger partial charge >= 0.3 is 17.9 Å². The fourth-order valence-electron chi connectivity index (χ4n) is 6.09. The van der Waals surface area contributed by atoms with Gasteiger partial charge in [-0.15, -0.1) is 0 Å². The van der Waals surface area contributed by atoms with Crippen molar-refractivity contribution in [2.45, 2.75) is 213 Å². The SMILES string of the molecule is CC/C=C\C/C=C\C/C=C\CCCCC(=O)OCC(COC(=O)CCCCCCCC/C=C\C=C/CCCCC)OC(=O)CC/C=C\C/C=C\CCCCCCCC. The Morgan fingerprint density at radius 3 is 1.29 bits per heavy atom. The number of rotatable bonds is 41. The first-order valence-corrected chi connectivity index (χ1v) is 23.6. The molecule has 0 N–H and O–H groups in total. The Labute approximate surface area is 356 Å². The van der Waals surface area contributed by atoms with Crippen LogP contribution in [-0.4, -0.2) is 37.2 Å². The molecule has 0 saturated heterocycles. The van der Waals surface area contributed by atoms with Crippen molar-refractivity contribution in [2.24, 2.45) is 0 Å². The molecule has 0 rings (SSSR count). The van der Waals surface area contributed by atoms with E-state index in [1.807, 2.05) is 6.08 Å². The van der Waals surface area contributed by atoms with Crippen LogP contribution in [0, 0.1) is 0 Å². The molecule has 1 atom stereocenters. The van der Waals surface area contributed by atoms with E-state index in [1.165, 1.54) is 77.0 Å². The van der Waals surface area contributed by atoms with Gasteiger partial charge in [-0.05, 0) is 96.3 Å². The van der Waals surface area contributed by atoms with Gasteiger partial charge in [-0.2, -0.15) is 0 Å². The highest BCUT2D eigenvalue weighted by atomic mass is 16.6. The smallest absolute Gasteiger partial charge is 0.306 e. The minimum atomic E-state index is -0.826. The molecule has 0 aromatic heterocycles. The van der Waals surface area contributed by atoms with Crippen molar-refractivity contribution in [3.63, 3.8) is 0 Å². The largest absolute Gasteiger partial charge is 0.462 e. The first kappa shape index (κ1) is 54.6. The normalized spacial score (nSPS) is 12.8. The van der Waals surface area contributed by atoms with Crippen LogP contribution in [0.1, 0.15) is 207 Å². The highest BCUT2D eigenvalue weighted by Gasteiger charge is 2.19. The van der Waals surface area contributed by atoms with Gasteiger partial charge in [0.25, 0.3) is 0 Å². The third-order valence-electron chi connectivity index (χ3n) is 9.64. The molecule has 0 aromatic carbocycles. The van der Waals surface area contributed by atoms with Gasteiger partial charge in [0.2, 0.25) is 0 Å². The van der Waals surface area contributed by atoms with Crippen molar-refractivity contribution in [3.8, 4) is 0 Å². The zero-order valence-corrected chi connectivity index (χ0v) is 37.5. The van der Waals surface area contributed by atoms with Crippen LogP contribution in [0.5, 0.6) is 0 Å². The van der Waals surface area contributed by atoms with Crippen LogP contribution in [0.15, 0.2) is 85.1 Å². The zero-order chi connectivity index (χ0) is 42.3. The Kier molecular flexibility index (Phi) is 43.6. The number of allylic oxidation sites excluding steroid dienone is 14. The molecule has 0 saturated carbocycles. The lowest BCUT2D eigenvalue weighted by Gasteiger charge is -2.18. The number of carbonyl (C=O) groups is 3. The first-order valence-electron chi connectivity index (χ1n) is 23.6. The summed E-state index contributed by atoms with van der Waals surface area (Å²) < 4.78 is 16.6. The lowest BCUT2D eigenvalue weighted by Crippen LogP contribution is -2.30. The molecule has 0 aliphatic rings. The Hall–Kier alpha value is -3.41. The molecule has 1 unspecified atom stereocenters. The molecule has 6 heteroatoms. The van der Waals surface area contributed by atoms with Crippen molar-refractivity contribution in [1.29, 1.82) is 0 Å². The summed E-state index contributed by atoms with van der Waals surface area (Å²) in [5.74, 6) is -1.05. The lowest BCUT2D eigenvalue weighted by molar-refractivity contribution is -0.166. The van der Waals surface area contributed by atoms with Gasteiger partial charge in [-0.1, -0.05) is 176 Å². The highest BCUT2D eigenvalue weighted by Crippen LogP contribution is 2.12. The summed E-state index contributed by atoms with van der Waals surface area (Å²) in [5, 5.41) is 0. The van der Waals surface area contributed by atoms with Crippen molar-refractivity contribution < 1.29 is 28.6 Å². The standard InChI is InChI=1S/C52H86O6/c1-4-7-10-13-16-19-22-25-26-28-30-33-36-39-42-45-51(54)57-48-49(47-56-50(53)44-41-38-35-32-29-24-21-18-15-12-9-6-3)58-52(55)46-43-40-37-34-31-27-23-20-17-14-11-8-5-2/h9,12,16,18-19,21-22,25,27,29,31-32,37,40,49H,4-8,10-11,13-15,17,20,23-24,26,28,30,33-36,38-39,41-48H2,1-3H3/b12-9-,19-16-,21-18-,25-22-,31-27-,32-29-,40-37-. The number of ether oxygens (including phenoxy) is 3. The predicted octanol–water partition coefficient (Wildman–Crippen LogP) is 15.3. The maximum absolute atomic E-state index is 12.7. The van der Waals surface area contributed by atoms with Gasteiger partial charge in [0.1, 0.15) is 13.2 Å². The number of carbonyl (C=O) groups excluding carboxylic acids is 3. The summed E-state index contributed by atoms with van der Waals surface area (Å²) in [6.45, 7) is 6.37. The number of esters is 3. The van der Waals surface area contributed by atoms with Gasteiger partial charge in [0.15, 0.2) is 6.10 Å². The average molecular weight is 807 g/mol. The summed E-state index contributed by atoms with van der Waals surface area (Å²) >= 11 is 0. The van der Waals surface area contributed by atoms with Crippen molar-refractivity contribution in [1.82, 2.24) is 0 Å². The lowest BCUT2D eigenvalue weighted by atomic mass is 10.1. The molecule has 0 radical (unpaired) electrons. The fraction of sp³-hybridized carbons (Fsp3) is 0.673. The number of hydrogen-bond donors (Lipinski definition) is 0. The number of hydrogen-bond acceptors (Lipinski definition) is 6. The van der Waals surface area contributed by atoms with E-state index in [1.54, 1.807) is 0 Å². The molecule has 0 fully saturated rings. The van der Waals surface area contributed by atoms with E-state index in [9.17, 15) is 14.4 Å². The van der Waals surface area contributed by atoms with E-state index >= 15 is 0 Å². The Balaban J connectivity index is 4.53. The zero-order valence-electron chi connectivity index (χ0n) is 37.5. The van der Waals surface area contributed by atoms with Gasteiger partial charge in [0, 0.05) is 19.3 Å². The average Bonchev–Trinajstić information content (AvgIpc) is 3.22. The van der Waals surface area contributed by atoms with Gasteiger partial charge in [0.05, 0.1) is 0 Å². The molecule has 0 aliphatic heterocycles. The van der Waals surface area contributed by atoms with Crippen LogP contribution in [-0.2, 0) is 28.6 Å². The highest BCUT2D eigenvalue weighted by molar-refractivity contribution is 5.71. The quantitative estimate of drug-likeness (QED) is 0.0201. The van der Waals surface area contributed by atoms with E-state index in [0.29, 0.717) is 25.7 Å². The van der Waals surface area contributed by atoms with Gasteiger partial charge in [-0.3, -0.25) is 14.4 Å². The van der Waals surface area contributed by atoms with Crippen molar-refractivity contribution >= 4 is 17.9 Å². The van der Waals surface area contributed by atoms with E-state index < -0.39 is 12.1 Å². The maximum Gasteiger partial charge on any atom is 0.306 e. The van der Waals surface area contributed by atoms with Gasteiger partial charge in [-0.25, -0.2) is 0 Å². The molecule has 6 nitrogen and oxygen atoms in total. The Morgan fingerprint density at radius 1 is 0.379 bits per heavy atom. The Morgan fingerprint density at radius 2 is 0.759 bits per heavy atom. The van der Waals surface area contributed by atoms with Crippen LogP contribution in [0.25, 0.3) is 0 Å². The summed E-state index contributed by atoms with van der Waals surface area (Å²) in [7, 11) is 0. The third kappa shape index (κ3) is 43.7. The molecule has 0 amide bonds. The molecule has 58 heavy (non-hydrogen) atoms. The van der Waals surface area contributed by atoms with E-state index in [4.69, 9.17) is 14.2 Å². The predicted molar refractivity (Wildman–Crippen MR) is 247 cm³/mol. The molecule has 0 aromatic rings. The summed E-state index contributed by atoms with van der Waals surface area (Å²) in [5.41, 5.74) is 0. The topological polar surface area (TPSA) is 78.9 Å². The number of unbranched alkanes of at least 4 members (excludes halogenated alkanes) is 17. The summed E-state index contributed by atoms with van der Waals surface area (Å²) in [6, 6.07) is 0. The molecule has 0 heterocycles. The summed E-state index contributed by atoms with van der Waals surface area (Å²) in [6.07, 6.45) is 58.6. The monoisotopic (exact) mass is 807 g/mol. The second-order valence-electron chi connectivity index (χ2n) is 15.3. The molecule has 0 bridgehead atoms. The minimum Gasteiger partial charge on any atom is -0.462 e. The van der Waals surface area contributed by atoms with Crippen LogP contribution in [0.4, 0.5) is 0 Å². The molecule has 330 valence electrons. The van der Waals surface area contributed by atoms with Gasteiger partial charge < -0.3 is 14.2 Å². The molecular weight excluding hydrogens is 721 g/mol.